The Labute approximate surface area is 93.7 Å². The average Bonchev–Trinajstić information content (AvgIpc) is 2.08. The first-order valence-electron chi connectivity index (χ1n) is 2.67. The standard InChI is InChI=1S/C6HCl5O/c7-1-2(8)4(10)6(12)5(11)3(1)9/h12H/i6+2. The van der Waals surface area contributed by atoms with Crippen molar-refractivity contribution in [2.75, 3.05) is 0 Å². The molecule has 0 aliphatic carbocycles. The Bertz CT molecular complexity index is 230. The van der Waals surface area contributed by atoms with Gasteiger partial charge in [-0.25, -0.2) is 0 Å². The molecule has 12 heavy (non-hydrogen) atoms. The van der Waals surface area contributed by atoms with Gasteiger partial charge in [0.15, 0.2) is 5.75 Å². The summed E-state index contributed by atoms with van der Waals surface area (Å²) in [5.74, 6) is -0.363. The molecule has 0 amide bonds. The van der Waals surface area contributed by atoms with Gasteiger partial charge in [0.1, 0.15) is 10.0 Å². The fourth-order valence-electron chi connectivity index (χ4n) is 0.593. The third-order valence-corrected chi connectivity index (χ3v) is 3.44. The number of rotatable bonds is 0. The van der Waals surface area contributed by atoms with Gasteiger partial charge >= 0.3 is 0 Å². The molecule has 66 valence electrons. The number of hydrogen-bond acceptors (Lipinski definition) is 1. The quantitative estimate of drug-likeness (QED) is 0.536. The molecule has 0 aliphatic heterocycles. The van der Waals surface area contributed by atoms with Crippen molar-refractivity contribution >= 4 is 58.0 Å². The maximum Gasteiger partial charge on any atom is 0.155 e. The average molecular weight is 268 g/mol. The molecule has 0 heterocycles. The minimum absolute atomic E-state index is 0.00904. The van der Waals surface area contributed by atoms with Crippen LogP contribution in [0.2, 0.25) is 25.1 Å². The van der Waals surface area contributed by atoms with Crippen LogP contribution in [-0.4, -0.2) is 5.11 Å². The number of benzene rings is 1. The highest BCUT2D eigenvalue weighted by molar-refractivity contribution is 6.55. The van der Waals surface area contributed by atoms with Crippen LogP contribution in [0.1, 0.15) is 0 Å². The maximum atomic E-state index is 9.20. The van der Waals surface area contributed by atoms with E-state index in [1.807, 2.05) is 0 Å². The molecule has 0 unspecified atom stereocenters. The van der Waals surface area contributed by atoms with E-state index in [1.165, 1.54) is 0 Å². The monoisotopic (exact) mass is 266 g/mol. The van der Waals surface area contributed by atoms with E-state index in [9.17, 15) is 5.11 Å². The SMILES string of the molecule is O[14c]1c(Cl)c(Cl)c(Cl)c(Cl)c1Cl. The Morgan fingerprint density at radius 2 is 1.08 bits per heavy atom. The fourth-order valence-corrected chi connectivity index (χ4v) is 1.72. The van der Waals surface area contributed by atoms with Crippen molar-refractivity contribution in [1.29, 1.82) is 0 Å². The zero-order valence-corrected chi connectivity index (χ0v) is 9.12. The minimum atomic E-state index is -0.363. The van der Waals surface area contributed by atoms with Crippen LogP contribution in [0, 0.1) is 0 Å². The highest BCUT2D eigenvalue weighted by atomic mass is 35.5. The second kappa shape index (κ2) is 3.69. The summed E-state index contributed by atoms with van der Waals surface area (Å²) >= 11 is 27.9. The van der Waals surface area contributed by atoms with E-state index >= 15 is 0 Å². The largest absolute Gasteiger partial charge is 0.505 e. The molecule has 1 aromatic rings. The molecule has 1 rings (SSSR count). The summed E-state index contributed by atoms with van der Waals surface area (Å²) in [6.45, 7) is 0. The lowest BCUT2D eigenvalue weighted by Crippen LogP contribution is -1.78. The molecular formula is C6HCl5O. The number of hydrogen-bond donors (Lipinski definition) is 1. The first kappa shape index (κ1) is 10.6. The van der Waals surface area contributed by atoms with Crippen LogP contribution in [0.25, 0.3) is 0 Å². The summed E-state index contributed by atoms with van der Waals surface area (Å²) in [5, 5.41) is 9.01. The Balaban J connectivity index is 3.60. The van der Waals surface area contributed by atoms with Crippen LogP contribution >= 0.6 is 58.0 Å². The first-order chi connectivity index (χ1) is 5.46. The number of aromatic hydroxyl groups is 1. The van der Waals surface area contributed by atoms with Crippen LogP contribution in [0.3, 0.4) is 0 Å². The summed E-state index contributed by atoms with van der Waals surface area (Å²) in [6, 6.07) is 0. The second-order valence-corrected chi connectivity index (χ2v) is 3.81. The molecule has 0 atom stereocenters. The molecule has 0 saturated carbocycles. The predicted octanol–water partition coefficient (Wildman–Crippen LogP) is 4.66. The van der Waals surface area contributed by atoms with Crippen molar-refractivity contribution in [3.63, 3.8) is 0 Å². The Morgan fingerprint density at radius 1 is 0.750 bits per heavy atom. The van der Waals surface area contributed by atoms with Gasteiger partial charge in [-0.1, -0.05) is 58.0 Å². The van der Waals surface area contributed by atoms with Crippen molar-refractivity contribution in [3.8, 4) is 5.75 Å². The van der Waals surface area contributed by atoms with Crippen LogP contribution in [0.5, 0.6) is 5.75 Å². The summed E-state index contributed by atoms with van der Waals surface area (Å²) in [7, 11) is 0. The van der Waals surface area contributed by atoms with Crippen molar-refractivity contribution in [2.45, 2.75) is 0 Å². The zero-order chi connectivity index (χ0) is 9.46. The van der Waals surface area contributed by atoms with Gasteiger partial charge < -0.3 is 5.11 Å². The van der Waals surface area contributed by atoms with Gasteiger partial charge in [0.25, 0.3) is 0 Å². The molecule has 1 N–H and O–H groups in total. The lowest BCUT2D eigenvalue weighted by atomic mass is 10.5. The van der Waals surface area contributed by atoms with Gasteiger partial charge in [0.05, 0.1) is 15.1 Å². The third-order valence-electron chi connectivity index (χ3n) is 1.19. The van der Waals surface area contributed by atoms with E-state index in [4.69, 9.17) is 58.0 Å². The molecule has 0 radical (unpaired) electrons. The number of phenols is 1. The van der Waals surface area contributed by atoms with Crippen molar-refractivity contribution in [3.05, 3.63) is 25.1 Å². The van der Waals surface area contributed by atoms with Gasteiger partial charge in [-0.05, 0) is 0 Å². The molecular weight excluding hydrogens is 267 g/mol. The van der Waals surface area contributed by atoms with E-state index in [2.05, 4.69) is 0 Å². The molecule has 0 saturated heterocycles. The Morgan fingerprint density at radius 3 is 1.42 bits per heavy atom. The summed E-state index contributed by atoms with van der Waals surface area (Å²) in [6.07, 6.45) is 0. The Kier molecular flexibility index (Phi) is 3.24. The second-order valence-electron chi connectivity index (χ2n) is 1.92. The number of phenolic OH excluding ortho intramolecular Hbond substituents is 1. The van der Waals surface area contributed by atoms with E-state index in [1.54, 1.807) is 0 Å². The van der Waals surface area contributed by atoms with Crippen LogP contribution in [0.15, 0.2) is 0 Å². The lowest BCUT2D eigenvalue weighted by Gasteiger charge is -2.06. The van der Waals surface area contributed by atoms with Crippen molar-refractivity contribution in [2.24, 2.45) is 0 Å². The molecule has 0 spiro atoms. The van der Waals surface area contributed by atoms with E-state index < -0.39 is 0 Å². The first-order valence-corrected chi connectivity index (χ1v) is 4.56. The number of halogens is 5. The lowest BCUT2D eigenvalue weighted by molar-refractivity contribution is 0.476. The molecule has 1 aromatic carbocycles. The highest BCUT2D eigenvalue weighted by Gasteiger charge is 2.17. The maximum absolute atomic E-state index is 9.20. The van der Waals surface area contributed by atoms with Gasteiger partial charge in [0.2, 0.25) is 0 Å². The van der Waals surface area contributed by atoms with Crippen molar-refractivity contribution in [1.82, 2.24) is 0 Å². The smallest absolute Gasteiger partial charge is 0.155 e. The molecule has 6 heteroatoms. The third kappa shape index (κ3) is 1.57. The van der Waals surface area contributed by atoms with Gasteiger partial charge in [-0.15, -0.1) is 0 Å². The van der Waals surface area contributed by atoms with Gasteiger partial charge in [-0.3, -0.25) is 0 Å². The summed E-state index contributed by atoms with van der Waals surface area (Å²) < 4.78 is 0. The highest BCUT2D eigenvalue weighted by Crippen LogP contribution is 2.47. The minimum Gasteiger partial charge on any atom is -0.505 e. The summed E-state index contributed by atoms with van der Waals surface area (Å²) in [4.78, 5) is 0. The van der Waals surface area contributed by atoms with Crippen LogP contribution < -0.4 is 0 Å². The van der Waals surface area contributed by atoms with E-state index in [-0.39, 0.29) is 30.9 Å². The molecule has 0 bridgehead atoms. The molecule has 1 nitrogen and oxygen atoms in total. The summed E-state index contributed by atoms with van der Waals surface area (Å²) in [5.41, 5.74) is 0. The van der Waals surface area contributed by atoms with Crippen molar-refractivity contribution < 1.29 is 5.11 Å². The van der Waals surface area contributed by atoms with E-state index in [0.29, 0.717) is 0 Å². The van der Waals surface area contributed by atoms with E-state index in [0.717, 1.165) is 0 Å². The van der Waals surface area contributed by atoms with Gasteiger partial charge in [0, 0.05) is 0 Å². The Hall–Kier alpha value is 0.470. The van der Waals surface area contributed by atoms with Gasteiger partial charge in [-0.2, -0.15) is 0 Å². The topological polar surface area (TPSA) is 20.2 Å². The predicted molar refractivity (Wildman–Crippen MR) is 53.2 cm³/mol. The van der Waals surface area contributed by atoms with Crippen LogP contribution in [-0.2, 0) is 0 Å². The normalized spacial score (nSPS) is 10.4. The molecule has 0 fully saturated rings. The fraction of sp³-hybridized carbons (Fsp3) is 0. The zero-order valence-electron chi connectivity index (χ0n) is 5.34. The molecule has 0 aromatic heterocycles. The molecule has 0 aliphatic rings. The van der Waals surface area contributed by atoms with Crippen LogP contribution in [0.4, 0.5) is 0 Å².